The van der Waals surface area contributed by atoms with E-state index in [0.29, 0.717) is 12.8 Å². The first kappa shape index (κ1) is 18.5. The lowest BCUT2D eigenvalue weighted by atomic mass is 10.00. The second-order valence-electron chi connectivity index (χ2n) is 7.43. The fourth-order valence-electron chi connectivity index (χ4n) is 3.62. The molecule has 0 bridgehead atoms. The number of piperidine rings is 1. The first-order valence-corrected chi connectivity index (χ1v) is 9.54. The van der Waals surface area contributed by atoms with Crippen LogP contribution in [0.2, 0.25) is 0 Å². The largest absolute Gasteiger partial charge is 0.399 e. The third-order valence-corrected chi connectivity index (χ3v) is 5.06. The van der Waals surface area contributed by atoms with E-state index >= 15 is 0 Å². The fourth-order valence-corrected chi connectivity index (χ4v) is 3.62. The monoisotopic (exact) mass is 351 g/mol. The van der Waals surface area contributed by atoms with Gasteiger partial charge in [-0.05, 0) is 61.1 Å². The Labute approximate surface area is 156 Å². The Kier molecular flexibility index (Phi) is 6.29. The summed E-state index contributed by atoms with van der Waals surface area (Å²) in [7, 11) is 0. The van der Waals surface area contributed by atoms with E-state index in [9.17, 15) is 4.79 Å². The van der Waals surface area contributed by atoms with Crippen LogP contribution in [0.1, 0.15) is 37.3 Å². The molecule has 0 aliphatic carbocycles. The number of carbonyl (C=O) groups excluding carboxylic acids is 1. The van der Waals surface area contributed by atoms with Crippen molar-refractivity contribution in [3.8, 4) is 0 Å². The van der Waals surface area contributed by atoms with Gasteiger partial charge in [0.2, 0.25) is 5.91 Å². The molecule has 1 atom stereocenters. The number of carbonyl (C=O) groups is 1. The zero-order valence-electron chi connectivity index (χ0n) is 15.6. The van der Waals surface area contributed by atoms with Crippen LogP contribution < -0.4 is 11.1 Å². The third kappa shape index (κ3) is 5.33. The maximum atomic E-state index is 12.2. The predicted octanol–water partition coefficient (Wildman–Crippen LogP) is 4.07. The molecule has 1 fully saturated rings. The SMILES string of the molecule is CC1CCCN(Cc2ccc(NC(=O)CCc3ccccc3N)cc2)C1. The quantitative estimate of drug-likeness (QED) is 0.771. The molecule has 3 N–H and O–H groups in total. The van der Waals surface area contributed by atoms with Gasteiger partial charge < -0.3 is 11.1 Å². The lowest BCUT2D eigenvalue weighted by Gasteiger charge is -2.30. The minimum absolute atomic E-state index is 0.0193. The van der Waals surface area contributed by atoms with E-state index in [4.69, 9.17) is 5.73 Å². The zero-order chi connectivity index (χ0) is 18.4. The molecule has 4 nitrogen and oxygen atoms in total. The number of anilines is 2. The third-order valence-electron chi connectivity index (χ3n) is 5.06. The van der Waals surface area contributed by atoms with E-state index in [1.165, 1.54) is 31.5 Å². The van der Waals surface area contributed by atoms with Crippen LogP contribution >= 0.6 is 0 Å². The van der Waals surface area contributed by atoms with Crippen molar-refractivity contribution in [1.82, 2.24) is 4.90 Å². The lowest BCUT2D eigenvalue weighted by Crippen LogP contribution is -2.33. The number of nitrogens with one attached hydrogen (secondary N) is 1. The molecule has 1 heterocycles. The molecule has 0 spiro atoms. The van der Waals surface area contributed by atoms with Gasteiger partial charge in [0.15, 0.2) is 0 Å². The van der Waals surface area contributed by atoms with Crippen LogP contribution in [0.15, 0.2) is 48.5 Å². The number of para-hydroxylation sites is 1. The van der Waals surface area contributed by atoms with Crippen LogP contribution in [-0.4, -0.2) is 23.9 Å². The van der Waals surface area contributed by atoms with Gasteiger partial charge in [-0.25, -0.2) is 0 Å². The molecular formula is C22H29N3O. The summed E-state index contributed by atoms with van der Waals surface area (Å²) in [5, 5.41) is 2.98. The molecule has 0 aromatic heterocycles. The van der Waals surface area contributed by atoms with Gasteiger partial charge in [-0.15, -0.1) is 0 Å². The minimum atomic E-state index is 0.0193. The first-order chi connectivity index (χ1) is 12.6. The molecule has 1 amide bonds. The summed E-state index contributed by atoms with van der Waals surface area (Å²) in [5.74, 6) is 0.812. The van der Waals surface area contributed by atoms with Crippen molar-refractivity contribution in [2.24, 2.45) is 5.92 Å². The minimum Gasteiger partial charge on any atom is -0.399 e. The van der Waals surface area contributed by atoms with Crippen molar-refractivity contribution < 1.29 is 4.79 Å². The van der Waals surface area contributed by atoms with Crippen molar-refractivity contribution in [3.05, 3.63) is 59.7 Å². The summed E-state index contributed by atoms with van der Waals surface area (Å²) in [5.41, 5.74) is 9.85. The number of hydrogen-bond acceptors (Lipinski definition) is 3. The van der Waals surface area contributed by atoms with E-state index in [2.05, 4.69) is 29.3 Å². The number of nitrogen functional groups attached to an aromatic ring is 1. The normalized spacial score (nSPS) is 17.8. The Morgan fingerprint density at radius 3 is 2.69 bits per heavy atom. The molecule has 1 aliphatic heterocycles. The number of likely N-dealkylation sites (tertiary alicyclic amines) is 1. The molecule has 138 valence electrons. The summed E-state index contributed by atoms with van der Waals surface area (Å²) in [4.78, 5) is 14.7. The number of rotatable bonds is 6. The first-order valence-electron chi connectivity index (χ1n) is 9.54. The highest BCUT2D eigenvalue weighted by Crippen LogP contribution is 2.19. The smallest absolute Gasteiger partial charge is 0.224 e. The summed E-state index contributed by atoms with van der Waals surface area (Å²) in [6.45, 7) is 5.69. The van der Waals surface area contributed by atoms with Gasteiger partial charge >= 0.3 is 0 Å². The number of benzene rings is 2. The van der Waals surface area contributed by atoms with E-state index in [1.807, 2.05) is 36.4 Å². The van der Waals surface area contributed by atoms with Gasteiger partial charge in [0.1, 0.15) is 0 Å². The Bertz CT molecular complexity index is 726. The number of nitrogens with two attached hydrogens (primary N) is 1. The van der Waals surface area contributed by atoms with Crippen LogP contribution in [-0.2, 0) is 17.8 Å². The molecule has 1 saturated heterocycles. The maximum Gasteiger partial charge on any atom is 0.224 e. The Morgan fingerprint density at radius 2 is 1.96 bits per heavy atom. The maximum absolute atomic E-state index is 12.2. The van der Waals surface area contributed by atoms with Crippen molar-refractivity contribution in [3.63, 3.8) is 0 Å². The van der Waals surface area contributed by atoms with Gasteiger partial charge in [-0.3, -0.25) is 9.69 Å². The van der Waals surface area contributed by atoms with E-state index in [-0.39, 0.29) is 5.91 Å². The van der Waals surface area contributed by atoms with Gasteiger partial charge in [0.25, 0.3) is 0 Å². The van der Waals surface area contributed by atoms with Crippen molar-refractivity contribution >= 4 is 17.3 Å². The molecular weight excluding hydrogens is 322 g/mol. The van der Waals surface area contributed by atoms with Crippen LogP contribution in [0.3, 0.4) is 0 Å². The number of nitrogens with zero attached hydrogens (tertiary/aromatic N) is 1. The molecule has 2 aromatic rings. The molecule has 0 radical (unpaired) electrons. The Hall–Kier alpha value is -2.33. The van der Waals surface area contributed by atoms with Gasteiger partial charge in [0, 0.05) is 30.9 Å². The Balaban J connectivity index is 1.47. The summed E-state index contributed by atoms with van der Waals surface area (Å²) in [6, 6.07) is 15.9. The highest BCUT2D eigenvalue weighted by Gasteiger charge is 2.16. The van der Waals surface area contributed by atoms with Crippen LogP contribution in [0.5, 0.6) is 0 Å². The van der Waals surface area contributed by atoms with Gasteiger partial charge in [-0.2, -0.15) is 0 Å². The van der Waals surface area contributed by atoms with Crippen LogP contribution in [0.4, 0.5) is 11.4 Å². The lowest BCUT2D eigenvalue weighted by molar-refractivity contribution is -0.116. The van der Waals surface area contributed by atoms with Crippen LogP contribution in [0.25, 0.3) is 0 Å². The molecule has 3 rings (SSSR count). The number of hydrogen-bond donors (Lipinski definition) is 2. The molecule has 1 unspecified atom stereocenters. The van der Waals surface area contributed by atoms with Gasteiger partial charge in [0.05, 0.1) is 0 Å². The zero-order valence-corrected chi connectivity index (χ0v) is 15.6. The highest BCUT2D eigenvalue weighted by atomic mass is 16.1. The number of amides is 1. The summed E-state index contributed by atoms with van der Waals surface area (Å²) >= 11 is 0. The average molecular weight is 351 g/mol. The summed E-state index contributed by atoms with van der Waals surface area (Å²) < 4.78 is 0. The van der Waals surface area contributed by atoms with Crippen molar-refractivity contribution in [2.75, 3.05) is 24.1 Å². The van der Waals surface area contributed by atoms with Crippen LogP contribution in [0, 0.1) is 5.92 Å². The van der Waals surface area contributed by atoms with E-state index in [0.717, 1.165) is 29.4 Å². The second kappa shape index (κ2) is 8.86. The standard InChI is InChI=1S/C22H29N3O/c1-17-5-4-14-25(15-17)16-18-8-11-20(12-9-18)24-22(26)13-10-19-6-2-3-7-21(19)23/h2-3,6-9,11-12,17H,4-5,10,13-16,23H2,1H3,(H,24,26). The topological polar surface area (TPSA) is 58.4 Å². The van der Waals surface area contributed by atoms with E-state index < -0.39 is 0 Å². The number of aryl methyl sites for hydroxylation is 1. The van der Waals surface area contributed by atoms with Crippen molar-refractivity contribution in [1.29, 1.82) is 0 Å². The van der Waals surface area contributed by atoms with E-state index in [1.54, 1.807) is 0 Å². The highest BCUT2D eigenvalue weighted by molar-refractivity contribution is 5.90. The molecule has 0 saturated carbocycles. The summed E-state index contributed by atoms with van der Waals surface area (Å²) in [6.07, 6.45) is 3.72. The fraction of sp³-hybridized carbons (Fsp3) is 0.409. The molecule has 4 heteroatoms. The molecule has 2 aromatic carbocycles. The Morgan fingerprint density at radius 1 is 1.19 bits per heavy atom. The second-order valence-corrected chi connectivity index (χ2v) is 7.43. The van der Waals surface area contributed by atoms with Gasteiger partial charge in [-0.1, -0.05) is 37.3 Å². The average Bonchev–Trinajstić information content (AvgIpc) is 2.63. The predicted molar refractivity (Wildman–Crippen MR) is 108 cm³/mol. The molecule has 26 heavy (non-hydrogen) atoms. The molecule has 1 aliphatic rings. The van der Waals surface area contributed by atoms with Crippen molar-refractivity contribution in [2.45, 2.75) is 39.2 Å².